The lowest BCUT2D eigenvalue weighted by molar-refractivity contribution is -0.116. The molecule has 0 atom stereocenters. The molecule has 0 spiro atoms. The van der Waals surface area contributed by atoms with Crippen molar-refractivity contribution >= 4 is 34.3 Å². The van der Waals surface area contributed by atoms with Crippen LogP contribution in [0, 0.1) is 6.92 Å². The highest BCUT2D eigenvalue weighted by Gasteiger charge is 2.16. The number of anilines is 1. The van der Waals surface area contributed by atoms with Crippen LogP contribution >= 0.6 is 11.8 Å². The monoisotopic (exact) mass is 445 g/mol. The van der Waals surface area contributed by atoms with E-state index in [4.69, 9.17) is 0 Å². The molecule has 1 N–H and O–H groups in total. The van der Waals surface area contributed by atoms with E-state index in [9.17, 15) is 14.4 Å². The summed E-state index contributed by atoms with van der Waals surface area (Å²) in [7, 11) is 0. The number of rotatable bonds is 6. The largest absolute Gasteiger partial charge is 0.332 e. The van der Waals surface area contributed by atoms with Crippen LogP contribution in [0.1, 0.15) is 11.1 Å². The van der Waals surface area contributed by atoms with Gasteiger partial charge in [-0.3, -0.25) is 18.7 Å². The minimum atomic E-state index is -0.512. The minimum Gasteiger partial charge on any atom is -0.324 e. The lowest BCUT2D eigenvalue weighted by atomic mass is 10.1. The highest BCUT2D eigenvalue weighted by molar-refractivity contribution is 7.98. The number of amides is 1. The molecule has 1 amide bonds. The first-order chi connectivity index (χ1) is 15.5. The zero-order valence-corrected chi connectivity index (χ0v) is 18.7. The predicted molar refractivity (Wildman–Crippen MR) is 130 cm³/mol. The molecule has 4 rings (SSSR count). The maximum Gasteiger partial charge on any atom is 0.332 e. The summed E-state index contributed by atoms with van der Waals surface area (Å²) in [5.74, 6) is -0.337. The van der Waals surface area contributed by atoms with Crippen LogP contribution in [0.4, 0.5) is 5.69 Å². The van der Waals surface area contributed by atoms with E-state index < -0.39 is 5.69 Å². The highest BCUT2D eigenvalue weighted by atomic mass is 32.2. The van der Waals surface area contributed by atoms with Crippen LogP contribution in [0.2, 0.25) is 0 Å². The van der Waals surface area contributed by atoms with Gasteiger partial charge in [-0.1, -0.05) is 48.0 Å². The molecule has 0 bridgehead atoms. The third-order valence-corrected chi connectivity index (χ3v) is 5.97. The van der Waals surface area contributed by atoms with Crippen LogP contribution in [-0.2, 0) is 17.9 Å². The molecule has 162 valence electrons. The van der Waals surface area contributed by atoms with E-state index in [0.29, 0.717) is 16.6 Å². The van der Waals surface area contributed by atoms with Crippen LogP contribution in [0.25, 0.3) is 10.9 Å². The van der Waals surface area contributed by atoms with Gasteiger partial charge in [0, 0.05) is 10.6 Å². The summed E-state index contributed by atoms with van der Waals surface area (Å²) in [4.78, 5) is 40.2. The summed E-state index contributed by atoms with van der Waals surface area (Å²) in [5, 5.41) is 3.25. The van der Waals surface area contributed by atoms with Crippen LogP contribution < -0.4 is 16.6 Å². The van der Waals surface area contributed by atoms with Crippen molar-refractivity contribution in [2.24, 2.45) is 0 Å². The van der Waals surface area contributed by atoms with Gasteiger partial charge in [0.25, 0.3) is 5.56 Å². The first-order valence-corrected chi connectivity index (χ1v) is 11.4. The first kappa shape index (κ1) is 21.6. The number of aromatic nitrogens is 2. The van der Waals surface area contributed by atoms with Crippen molar-refractivity contribution in [3.63, 3.8) is 0 Å². The Morgan fingerprint density at radius 1 is 0.938 bits per heavy atom. The Morgan fingerprint density at radius 2 is 1.69 bits per heavy atom. The number of hydrogen-bond acceptors (Lipinski definition) is 4. The molecule has 1 heterocycles. The average molecular weight is 446 g/mol. The Bertz CT molecular complexity index is 1400. The van der Waals surface area contributed by atoms with Gasteiger partial charge in [0.1, 0.15) is 6.54 Å². The molecule has 7 heteroatoms. The summed E-state index contributed by atoms with van der Waals surface area (Å²) in [6.07, 6.45) is 1.96. The number of carbonyl (C=O) groups is 1. The molecular weight excluding hydrogens is 422 g/mol. The normalized spacial score (nSPS) is 10.9. The molecule has 6 nitrogen and oxygen atoms in total. The van der Waals surface area contributed by atoms with Crippen molar-refractivity contribution in [2.75, 3.05) is 11.6 Å². The third-order valence-electron chi connectivity index (χ3n) is 5.25. The van der Waals surface area contributed by atoms with Gasteiger partial charge in [-0.2, -0.15) is 0 Å². The Morgan fingerprint density at radius 3 is 2.44 bits per heavy atom. The van der Waals surface area contributed by atoms with E-state index in [2.05, 4.69) is 5.32 Å². The van der Waals surface area contributed by atoms with E-state index in [1.165, 1.54) is 9.13 Å². The molecule has 32 heavy (non-hydrogen) atoms. The second kappa shape index (κ2) is 9.28. The van der Waals surface area contributed by atoms with Gasteiger partial charge >= 0.3 is 5.69 Å². The molecule has 4 aromatic rings. The average Bonchev–Trinajstić information content (AvgIpc) is 2.81. The topological polar surface area (TPSA) is 73.1 Å². The van der Waals surface area contributed by atoms with Crippen LogP contribution in [-0.4, -0.2) is 21.3 Å². The first-order valence-electron chi connectivity index (χ1n) is 10.2. The van der Waals surface area contributed by atoms with Crippen molar-refractivity contribution < 1.29 is 4.79 Å². The molecule has 0 saturated heterocycles. The smallest absolute Gasteiger partial charge is 0.324 e. The number of benzene rings is 3. The minimum absolute atomic E-state index is 0.139. The van der Waals surface area contributed by atoms with Gasteiger partial charge in [-0.25, -0.2) is 4.79 Å². The molecule has 0 aliphatic carbocycles. The number of nitrogens with zero attached hydrogens (tertiary/aromatic N) is 2. The highest BCUT2D eigenvalue weighted by Crippen LogP contribution is 2.19. The van der Waals surface area contributed by atoms with Crippen LogP contribution in [0.5, 0.6) is 0 Å². The van der Waals surface area contributed by atoms with Gasteiger partial charge in [-0.15, -0.1) is 11.8 Å². The van der Waals surface area contributed by atoms with Gasteiger partial charge in [0.05, 0.1) is 17.4 Å². The molecule has 1 aromatic heterocycles. The standard InChI is InChI=1S/C25H23N3O3S/c1-17-10-12-18(13-11-17)15-28-24(30)21-8-3-4-9-22(21)27(25(28)31)16-23(29)26-19-6-5-7-20(14-19)32-2/h3-14H,15-16H2,1-2H3,(H,26,29). The fourth-order valence-electron chi connectivity index (χ4n) is 3.58. The van der Waals surface area contributed by atoms with Crippen LogP contribution in [0.15, 0.2) is 87.3 Å². The Kier molecular flexibility index (Phi) is 6.28. The fraction of sp³-hybridized carbons (Fsp3) is 0.160. The lowest BCUT2D eigenvalue weighted by Crippen LogP contribution is -2.42. The molecule has 0 aliphatic rings. The molecular formula is C25H23N3O3S. The van der Waals surface area contributed by atoms with Gasteiger partial charge in [0.15, 0.2) is 0 Å². The van der Waals surface area contributed by atoms with Crippen molar-refractivity contribution in [3.8, 4) is 0 Å². The number of para-hydroxylation sites is 1. The summed E-state index contributed by atoms with van der Waals surface area (Å²) >= 11 is 1.58. The summed E-state index contributed by atoms with van der Waals surface area (Å²) in [5.41, 5.74) is 2.16. The maximum absolute atomic E-state index is 13.3. The quantitative estimate of drug-likeness (QED) is 0.457. The fourth-order valence-corrected chi connectivity index (χ4v) is 4.04. The maximum atomic E-state index is 13.3. The van der Waals surface area contributed by atoms with Gasteiger partial charge in [-0.05, 0) is 49.1 Å². The van der Waals surface area contributed by atoms with Crippen molar-refractivity contribution in [3.05, 3.63) is 105 Å². The SMILES string of the molecule is CSc1cccc(NC(=O)Cn2c(=O)n(Cc3ccc(C)cc3)c(=O)c3ccccc32)c1. The van der Waals surface area contributed by atoms with E-state index >= 15 is 0 Å². The Labute approximate surface area is 189 Å². The number of fused-ring (bicyclic) bond motifs is 1. The molecule has 0 unspecified atom stereocenters. The van der Waals surface area contributed by atoms with E-state index in [1.54, 1.807) is 42.1 Å². The number of hydrogen-bond donors (Lipinski definition) is 1. The molecule has 0 saturated carbocycles. The Hall–Kier alpha value is -3.58. The number of nitrogens with one attached hydrogen (secondary N) is 1. The molecule has 3 aromatic carbocycles. The summed E-state index contributed by atoms with van der Waals surface area (Å²) in [6.45, 7) is 1.92. The van der Waals surface area contributed by atoms with Crippen LogP contribution in [0.3, 0.4) is 0 Å². The second-order valence-electron chi connectivity index (χ2n) is 7.54. The number of carbonyl (C=O) groups excluding carboxylic acids is 1. The summed E-state index contributed by atoms with van der Waals surface area (Å²) in [6, 6.07) is 22.0. The van der Waals surface area contributed by atoms with Gasteiger partial charge in [0.2, 0.25) is 5.91 Å². The summed E-state index contributed by atoms with van der Waals surface area (Å²) < 4.78 is 2.55. The van der Waals surface area contributed by atoms with Crippen molar-refractivity contribution in [1.29, 1.82) is 0 Å². The Balaban J connectivity index is 1.73. The third kappa shape index (κ3) is 4.53. The zero-order chi connectivity index (χ0) is 22.7. The van der Waals surface area contributed by atoms with E-state index in [-0.39, 0.29) is 24.6 Å². The van der Waals surface area contributed by atoms with Crippen molar-refractivity contribution in [1.82, 2.24) is 9.13 Å². The lowest BCUT2D eigenvalue weighted by Gasteiger charge is -2.14. The van der Waals surface area contributed by atoms with Crippen molar-refractivity contribution in [2.45, 2.75) is 24.9 Å². The van der Waals surface area contributed by atoms with E-state index in [0.717, 1.165) is 16.0 Å². The van der Waals surface area contributed by atoms with E-state index in [1.807, 2.05) is 55.6 Å². The predicted octanol–water partition coefficient (Wildman–Crippen LogP) is 3.88. The number of thioether (sulfide) groups is 1. The second-order valence-corrected chi connectivity index (χ2v) is 8.42. The molecule has 0 aliphatic heterocycles. The van der Waals surface area contributed by atoms with Gasteiger partial charge < -0.3 is 5.32 Å². The molecule has 0 fully saturated rings. The number of aryl methyl sites for hydroxylation is 1. The zero-order valence-electron chi connectivity index (χ0n) is 17.9. The molecule has 0 radical (unpaired) electrons.